The lowest BCUT2D eigenvalue weighted by molar-refractivity contribution is 0.278. The van der Waals surface area contributed by atoms with E-state index in [0.717, 1.165) is 23.1 Å². The third-order valence-electron chi connectivity index (χ3n) is 7.24. The fraction of sp³-hybridized carbons (Fsp3) is 0.357. The number of aryl methyl sites for hydroxylation is 1. The van der Waals surface area contributed by atoms with Crippen LogP contribution in [0.3, 0.4) is 0 Å². The Morgan fingerprint density at radius 2 is 1.67 bits per heavy atom. The molecule has 1 fully saturated rings. The molecule has 2 aromatic carbocycles. The number of hydrogen-bond acceptors (Lipinski definition) is 5. The van der Waals surface area contributed by atoms with Crippen LogP contribution in [-0.2, 0) is 30.2 Å². The molecule has 1 saturated heterocycles. The van der Waals surface area contributed by atoms with E-state index in [9.17, 15) is 22.4 Å². The summed E-state index contributed by atoms with van der Waals surface area (Å²) in [5.41, 5.74) is 2.44. The summed E-state index contributed by atoms with van der Waals surface area (Å²) in [5.74, 6) is -0.275. The molecule has 206 valence electrons. The number of sulfonamides is 1. The van der Waals surface area contributed by atoms with Crippen molar-refractivity contribution in [2.75, 3.05) is 26.2 Å². The number of halogens is 1. The largest absolute Gasteiger partial charge is 0.349 e. The molecule has 9 nitrogen and oxygen atoms in total. The number of nitrogens with zero attached hydrogens (tertiary/aromatic N) is 4. The van der Waals surface area contributed by atoms with Crippen LogP contribution in [0.25, 0.3) is 22.3 Å². The molecule has 0 bridgehead atoms. The van der Waals surface area contributed by atoms with Crippen molar-refractivity contribution in [2.24, 2.45) is 7.05 Å². The van der Waals surface area contributed by atoms with Gasteiger partial charge in [0.05, 0.1) is 10.4 Å². The van der Waals surface area contributed by atoms with E-state index < -0.39 is 15.6 Å². The van der Waals surface area contributed by atoms with Crippen molar-refractivity contribution < 1.29 is 12.8 Å². The number of aromatic nitrogens is 3. The molecule has 0 atom stereocenters. The topological polar surface area (TPSA) is 100 Å². The highest BCUT2D eigenvalue weighted by Crippen LogP contribution is 2.25. The maximum atomic E-state index is 13.4. The van der Waals surface area contributed by atoms with Gasteiger partial charge in [-0.2, -0.15) is 4.31 Å². The zero-order chi connectivity index (χ0) is 27.7. The van der Waals surface area contributed by atoms with Crippen LogP contribution in [0.1, 0.15) is 25.3 Å². The van der Waals surface area contributed by atoms with E-state index in [1.54, 1.807) is 47.0 Å². The van der Waals surface area contributed by atoms with Crippen LogP contribution in [0.15, 0.2) is 69.1 Å². The molecule has 0 spiro atoms. The van der Waals surface area contributed by atoms with E-state index in [1.807, 2.05) is 6.92 Å². The fourth-order valence-electron chi connectivity index (χ4n) is 5.10. The highest BCUT2D eigenvalue weighted by Gasteiger charge is 2.27. The lowest BCUT2D eigenvalue weighted by Crippen LogP contribution is -2.38. The smallest absolute Gasteiger partial charge is 0.331 e. The Hall–Kier alpha value is -3.54. The number of nitrogens with one attached hydrogen (secondary N) is 1. The van der Waals surface area contributed by atoms with E-state index in [0.29, 0.717) is 61.4 Å². The summed E-state index contributed by atoms with van der Waals surface area (Å²) < 4.78 is 44.3. The number of H-pyrrole nitrogens is 1. The van der Waals surface area contributed by atoms with Gasteiger partial charge in [0, 0.05) is 45.5 Å². The summed E-state index contributed by atoms with van der Waals surface area (Å²) in [6.07, 6.45) is 1.43. The van der Waals surface area contributed by atoms with Gasteiger partial charge in [-0.25, -0.2) is 17.6 Å². The number of aromatic amines is 1. The molecule has 3 heterocycles. The molecular formula is C28H32FN5O4S. The Morgan fingerprint density at radius 3 is 2.36 bits per heavy atom. The van der Waals surface area contributed by atoms with Gasteiger partial charge in [0.15, 0.2) is 0 Å². The SMILES string of the molecule is CCCn1c(=O)n(C)c(=O)c2[nH]c(-c3ccc(S(=O)(=O)N4CCCN(Cc5ccc(F)cc5)CC4)cc3)cc21. The first-order valence-corrected chi connectivity index (χ1v) is 14.5. The zero-order valence-corrected chi connectivity index (χ0v) is 22.9. The van der Waals surface area contributed by atoms with Crippen LogP contribution in [-0.4, -0.2) is 57.9 Å². The Labute approximate surface area is 226 Å². The summed E-state index contributed by atoms with van der Waals surface area (Å²) >= 11 is 0. The van der Waals surface area contributed by atoms with Crippen molar-refractivity contribution in [2.45, 2.75) is 37.8 Å². The zero-order valence-electron chi connectivity index (χ0n) is 22.1. The van der Waals surface area contributed by atoms with Crippen LogP contribution >= 0.6 is 0 Å². The Morgan fingerprint density at radius 1 is 0.949 bits per heavy atom. The predicted molar refractivity (Wildman–Crippen MR) is 149 cm³/mol. The molecule has 4 aromatic rings. The predicted octanol–water partition coefficient (Wildman–Crippen LogP) is 3.14. The van der Waals surface area contributed by atoms with Gasteiger partial charge in [0.25, 0.3) is 5.56 Å². The van der Waals surface area contributed by atoms with Crippen LogP contribution in [0, 0.1) is 5.82 Å². The van der Waals surface area contributed by atoms with Gasteiger partial charge in [0.1, 0.15) is 11.3 Å². The summed E-state index contributed by atoms with van der Waals surface area (Å²) in [6.45, 7) is 5.21. The normalized spacial score (nSPS) is 15.6. The number of hydrogen-bond donors (Lipinski definition) is 1. The Balaban J connectivity index is 1.35. The maximum absolute atomic E-state index is 13.4. The minimum atomic E-state index is -3.69. The first-order valence-electron chi connectivity index (χ1n) is 13.1. The first-order chi connectivity index (χ1) is 18.7. The maximum Gasteiger partial charge on any atom is 0.331 e. The molecule has 1 aliphatic rings. The minimum absolute atomic E-state index is 0.202. The standard InChI is InChI=1S/C28H32FN5O4S/c1-3-13-34-25-18-24(30-26(25)27(35)31(2)28(34)36)21-7-11-23(12-8-21)39(37,38)33-15-4-14-32(16-17-33)19-20-5-9-22(29)10-6-20/h5-12,18,30H,3-4,13-17,19H2,1-2H3. The van der Waals surface area contributed by atoms with Gasteiger partial charge < -0.3 is 4.98 Å². The van der Waals surface area contributed by atoms with Crippen LogP contribution < -0.4 is 11.2 Å². The number of benzene rings is 2. The quantitative estimate of drug-likeness (QED) is 0.379. The lowest BCUT2D eigenvalue weighted by Gasteiger charge is -2.22. The van der Waals surface area contributed by atoms with E-state index in [2.05, 4.69) is 9.88 Å². The second-order valence-corrected chi connectivity index (χ2v) is 11.9. The molecule has 39 heavy (non-hydrogen) atoms. The summed E-state index contributed by atoms with van der Waals surface area (Å²) in [4.78, 5) is 30.8. The molecule has 5 rings (SSSR count). The molecular weight excluding hydrogens is 521 g/mol. The molecule has 1 aliphatic heterocycles. The molecule has 1 N–H and O–H groups in total. The van der Waals surface area contributed by atoms with Crippen molar-refractivity contribution >= 4 is 21.1 Å². The Kier molecular flexibility index (Phi) is 7.57. The van der Waals surface area contributed by atoms with Crippen molar-refractivity contribution in [1.82, 2.24) is 23.3 Å². The third kappa shape index (κ3) is 5.34. The van der Waals surface area contributed by atoms with Gasteiger partial charge in [0.2, 0.25) is 10.0 Å². The summed E-state index contributed by atoms with van der Waals surface area (Å²) in [7, 11) is -2.24. The van der Waals surface area contributed by atoms with E-state index >= 15 is 0 Å². The van der Waals surface area contributed by atoms with Crippen molar-refractivity contribution in [1.29, 1.82) is 0 Å². The third-order valence-corrected chi connectivity index (χ3v) is 9.15. The highest BCUT2D eigenvalue weighted by molar-refractivity contribution is 7.89. The Bertz CT molecular complexity index is 1710. The number of fused-ring (bicyclic) bond motifs is 1. The minimum Gasteiger partial charge on any atom is -0.349 e. The van der Waals surface area contributed by atoms with Crippen molar-refractivity contribution in [3.8, 4) is 11.3 Å². The average molecular weight is 554 g/mol. The summed E-state index contributed by atoms with van der Waals surface area (Å²) in [6, 6.07) is 14.7. The van der Waals surface area contributed by atoms with Gasteiger partial charge in [-0.3, -0.25) is 18.8 Å². The molecule has 0 saturated carbocycles. The van der Waals surface area contributed by atoms with E-state index in [4.69, 9.17) is 0 Å². The average Bonchev–Trinajstić information content (AvgIpc) is 3.24. The number of rotatable bonds is 7. The van der Waals surface area contributed by atoms with Crippen molar-refractivity contribution in [3.05, 3.63) is 86.8 Å². The molecule has 0 radical (unpaired) electrons. The highest BCUT2D eigenvalue weighted by atomic mass is 32.2. The summed E-state index contributed by atoms with van der Waals surface area (Å²) in [5, 5.41) is 0. The molecule has 2 aromatic heterocycles. The second-order valence-electron chi connectivity index (χ2n) is 9.93. The molecule has 0 aliphatic carbocycles. The first kappa shape index (κ1) is 27.0. The van der Waals surface area contributed by atoms with Gasteiger partial charge in [-0.05, 0) is 60.8 Å². The van der Waals surface area contributed by atoms with Crippen LogP contribution in [0.5, 0.6) is 0 Å². The second kappa shape index (κ2) is 10.9. The van der Waals surface area contributed by atoms with Gasteiger partial charge in [-0.1, -0.05) is 31.2 Å². The van der Waals surface area contributed by atoms with Gasteiger partial charge in [-0.15, -0.1) is 0 Å². The van der Waals surface area contributed by atoms with E-state index in [1.165, 1.54) is 23.5 Å². The molecule has 0 amide bonds. The molecule has 11 heteroatoms. The van der Waals surface area contributed by atoms with Crippen LogP contribution in [0.2, 0.25) is 0 Å². The van der Waals surface area contributed by atoms with Crippen LogP contribution in [0.4, 0.5) is 4.39 Å². The fourth-order valence-corrected chi connectivity index (χ4v) is 6.57. The molecule has 0 unspecified atom stereocenters. The monoisotopic (exact) mass is 553 g/mol. The van der Waals surface area contributed by atoms with Gasteiger partial charge >= 0.3 is 5.69 Å². The lowest BCUT2D eigenvalue weighted by atomic mass is 10.1. The van der Waals surface area contributed by atoms with Crippen molar-refractivity contribution in [3.63, 3.8) is 0 Å². The van der Waals surface area contributed by atoms with E-state index in [-0.39, 0.29) is 16.4 Å².